The molecule has 1 fully saturated rings. The zero-order valence-electron chi connectivity index (χ0n) is 13.0. The summed E-state index contributed by atoms with van der Waals surface area (Å²) in [6.45, 7) is 10.3. The average molecular weight is 259 g/mol. The Morgan fingerprint density at radius 1 is 1.05 bits per heavy atom. The van der Waals surface area contributed by atoms with Gasteiger partial charge >= 0.3 is 0 Å². The average Bonchev–Trinajstić information content (AvgIpc) is 3.17. The molecule has 0 spiro atoms. The first-order valence-corrected chi connectivity index (χ1v) is 7.89. The molecule has 1 unspecified atom stereocenters. The van der Waals surface area contributed by atoms with Gasteiger partial charge in [-0.3, -0.25) is 0 Å². The zero-order valence-corrected chi connectivity index (χ0v) is 13.0. The Bertz CT molecular complexity index is 387. The largest absolute Gasteiger partial charge is 0.310 e. The van der Waals surface area contributed by atoms with Crippen LogP contribution in [0, 0.1) is 5.41 Å². The molecule has 0 aromatic heterocycles. The van der Waals surface area contributed by atoms with Gasteiger partial charge in [0.05, 0.1) is 0 Å². The Morgan fingerprint density at radius 3 is 2.11 bits per heavy atom. The quantitative estimate of drug-likeness (QED) is 0.723. The van der Waals surface area contributed by atoms with E-state index < -0.39 is 0 Å². The van der Waals surface area contributed by atoms with Gasteiger partial charge in [-0.2, -0.15) is 0 Å². The van der Waals surface area contributed by atoms with Crippen LogP contribution in [0.3, 0.4) is 0 Å². The van der Waals surface area contributed by atoms with Crippen LogP contribution in [0.2, 0.25) is 0 Å². The van der Waals surface area contributed by atoms with E-state index in [-0.39, 0.29) is 0 Å². The summed E-state index contributed by atoms with van der Waals surface area (Å²) < 4.78 is 0. The first kappa shape index (κ1) is 14.6. The van der Waals surface area contributed by atoms with Gasteiger partial charge in [0, 0.05) is 12.6 Å². The Labute approximate surface area is 118 Å². The van der Waals surface area contributed by atoms with E-state index in [1.807, 2.05) is 0 Å². The molecule has 0 amide bonds. The Balaban J connectivity index is 1.87. The van der Waals surface area contributed by atoms with Crippen molar-refractivity contribution in [3.8, 4) is 0 Å². The van der Waals surface area contributed by atoms with Gasteiger partial charge < -0.3 is 5.32 Å². The Morgan fingerprint density at radius 2 is 1.63 bits per heavy atom. The summed E-state index contributed by atoms with van der Waals surface area (Å²) in [4.78, 5) is 0. The highest BCUT2D eigenvalue weighted by molar-refractivity contribution is 5.26. The van der Waals surface area contributed by atoms with Gasteiger partial charge in [-0.15, -0.1) is 0 Å². The van der Waals surface area contributed by atoms with E-state index in [9.17, 15) is 0 Å². The fraction of sp³-hybridized carbons (Fsp3) is 0.667. The molecule has 0 heterocycles. The predicted molar refractivity (Wildman–Crippen MR) is 83.5 cm³/mol. The van der Waals surface area contributed by atoms with Gasteiger partial charge in [-0.1, -0.05) is 51.5 Å². The lowest BCUT2D eigenvalue weighted by Gasteiger charge is -2.20. The van der Waals surface area contributed by atoms with Crippen molar-refractivity contribution in [1.82, 2.24) is 5.32 Å². The van der Waals surface area contributed by atoms with E-state index in [4.69, 9.17) is 0 Å². The molecular formula is C18H29N. The number of nitrogens with one attached hydrogen (secondary N) is 1. The Kier molecular flexibility index (Phi) is 4.67. The van der Waals surface area contributed by atoms with Gasteiger partial charge in [0.2, 0.25) is 0 Å². The lowest BCUT2D eigenvalue weighted by atomic mass is 9.98. The van der Waals surface area contributed by atoms with Gasteiger partial charge in [-0.05, 0) is 48.6 Å². The summed E-state index contributed by atoms with van der Waals surface area (Å²) in [6.07, 6.45) is 5.55. The number of rotatable bonds is 7. The molecule has 1 saturated carbocycles. The molecule has 1 heteroatoms. The molecule has 1 aromatic carbocycles. The monoisotopic (exact) mass is 259 g/mol. The SMILES string of the molecule is CCCC1(CNC(C)c2ccc(C(C)C)cc2)CC1. The van der Waals surface area contributed by atoms with E-state index in [0.29, 0.717) is 17.4 Å². The van der Waals surface area contributed by atoms with Crippen LogP contribution in [0.1, 0.15) is 76.5 Å². The maximum Gasteiger partial charge on any atom is 0.0292 e. The lowest BCUT2D eigenvalue weighted by molar-refractivity contribution is 0.397. The number of hydrogen-bond donors (Lipinski definition) is 1. The molecule has 2 rings (SSSR count). The minimum atomic E-state index is 0.468. The minimum Gasteiger partial charge on any atom is -0.310 e. The van der Waals surface area contributed by atoms with Gasteiger partial charge in [0.25, 0.3) is 0 Å². The summed E-state index contributed by atoms with van der Waals surface area (Å²) in [5, 5.41) is 3.74. The summed E-state index contributed by atoms with van der Waals surface area (Å²) in [7, 11) is 0. The van der Waals surface area contributed by atoms with E-state index in [2.05, 4.69) is 57.3 Å². The summed E-state index contributed by atoms with van der Waals surface area (Å²) in [6, 6.07) is 9.59. The molecule has 0 aliphatic heterocycles. The van der Waals surface area contributed by atoms with Crippen molar-refractivity contribution in [1.29, 1.82) is 0 Å². The molecule has 0 radical (unpaired) electrons. The van der Waals surface area contributed by atoms with Gasteiger partial charge in [0.1, 0.15) is 0 Å². The van der Waals surface area contributed by atoms with Crippen molar-refractivity contribution in [2.45, 2.75) is 65.3 Å². The topological polar surface area (TPSA) is 12.0 Å². The smallest absolute Gasteiger partial charge is 0.0292 e. The van der Waals surface area contributed by atoms with Crippen LogP contribution in [0.5, 0.6) is 0 Å². The molecule has 1 aliphatic carbocycles. The second-order valence-electron chi connectivity index (χ2n) is 6.67. The standard InChI is InChI=1S/C18H29N/c1-5-10-18(11-12-18)13-19-15(4)17-8-6-16(7-9-17)14(2)3/h6-9,14-15,19H,5,10-13H2,1-4H3. The van der Waals surface area contributed by atoms with Crippen LogP contribution in [-0.4, -0.2) is 6.54 Å². The molecular weight excluding hydrogens is 230 g/mol. The van der Waals surface area contributed by atoms with Crippen molar-refractivity contribution in [2.24, 2.45) is 5.41 Å². The molecule has 0 bridgehead atoms. The minimum absolute atomic E-state index is 0.468. The molecule has 19 heavy (non-hydrogen) atoms. The first-order chi connectivity index (χ1) is 9.06. The number of benzene rings is 1. The van der Waals surface area contributed by atoms with Crippen molar-refractivity contribution < 1.29 is 0 Å². The van der Waals surface area contributed by atoms with Crippen LogP contribution in [0.15, 0.2) is 24.3 Å². The van der Waals surface area contributed by atoms with Crippen LogP contribution in [0.4, 0.5) is 0 Å². The molecule has 106 valence electrons. The highest BCUT2D eigenvalue weighted by atomic mass is 14.9. The van der Waals surface area contributed by atoms with Crippen LogP contribution < -0.4 is 5.32 Å². The lowest BCUT2D eigenvalue weighted by Crippen LogP contribution is -2.26. The van der Waals surface area contributed by atoms with Gasteiger partial charge in [-0.25, -0.2) is 0 Å². The van der Waals surface area contributed by atoms with Crippen LogP contribution in [-0.2, 0) is 0 Å². The fourth-order valence-corrected chi connectivity index (χ4v) is 2.88. The third-order valence-electron chi connectivity index (χ3n) is 4.62. The summed E-state index contributed by atoms with van der Waals surface area (Å²) in [5.41, 5.74) is 3.48. The van der Waals surface area contributed by atoms with Crippen molar-refractivity contribution in [2.75, 3.05) is 6.54 Å². The summed E-state index contributed by atoms with van der Waals surface area (Å²) >= 11 is 0. The highest BCUT2D eigenvalue weighted by Crippen LogP contribution is 2.49. The molecule has 1 aromatic rings. The number of hydrogen-bond acceptors (Lipinski definition) is 1. The first-order valence-electron chi connectivity index (χ1n) is 7.89. The van der Waals surface area contributed by atoms with Crippen molar-refractivity contribution >= 4 is 0 Å². The zero-order chi connectivity index (χ0) is 13.9. The maximum absolute atomic E-state index is 3.74. The summed E-state index contributed by atoms with van der Waals surface area (Å²) in [5.74, 6) is 0.622. The molecule has 1 nitrogen and oxygen atoms in total. The van der Waals surface area contributed by atoms with Gasteiger partial charge in [0.15, 0.2) is 0 Å². The second kappa shape index (κ2) is 6.09. The molecule has 1 aliphatic rings. The molecule has 1 atom stereocenters. The third-order valence-corrected chi connectivity index (χ3v) is 4.62. The fourth-order valence-electron chi connectivity index (χ4n) is 2.88. The third kappa shape index (κ3) is 3.82. The Hall–Kier alpha value is -0.820. The van der Waals surface area contributed by atoms with Crippen LogP contribution in [0.25, 0.3) is 0 Å². The molecule has 1 N–H and O–H groups in total. The normalized spacial score (nSPS) is 18.6. The van der Waals surface area contributed by atoms with E-state index in [0.717, 1.165) is 0 Å². The highest BCUT2D eigenvalue weighted by Gasteiger charge is 2.41. The van der Waals surface area contributed by atoms with Crippen molar-refractivity contribution in [3.05, 3.63) is 35.4 Å². The second-order valence-corrected chi connectivity index (χ2v) is 6.67. The molecule has 0 saturated heterocycles. The maximum atomic E-state index is 3.74. The predicted octanol–water partition coefficient (Wildman–Crippen LogP) is 5.04. The van der Waals surface area contributed by atoms with E-state index >= 15 is 0 Å². The van der Waals surface area contributed by atoms with Crippen molar-refractivity contribution in [3.63, 3.8) is 0 Å². The van der Waals surface area contributed by atoms with Crippen LogP contribution >= 0.6 is 0 Å². The van der Waals surface area contributed by atoms with E-state index in [1.54, 1.807) is 0 Å². The van der Waals surface area contributed by atoms with E-state index in [1.165, 1.54) is 43.4 Å².